The Bertz CT molecular complexity index is 399. The minimum Gasteiger partial charge on any atom is -0.256 e. The second-order valence-corrected chi connectivity index (χ2v) is 2.90. The van der Waals surface area contributed by atoms with Gasteiger partial charge in [0, 0.05) is 6.21 Å². The van der Waals surface area contributed by atoms with Gasteiger partial charge < -0.3 is 0 Å². The second kappa shape index (κ2) is 9.28. The molecule has 0 aromatic heterocycles. The molecule has 0 spiro atoms. The first-order chi connectivity index (χ1) is 8.22. The molecule has 0 aliphatic carbocycles. The van der Waals surface area contributed by atoms with Gasteiger partial charge >= 0.3 is 0 Å². The molecule has 0 saturated heterocycles. The van der Waals surface area contributed by atoms with E-state index in [-0.39, 0.29) is 5.82 Å². The summed E-state index contributed by atoms with van der Waals surface area (Å²) < 4.78 is 12.6. The van der Waals surface area contributed by atoms with Gasteiger partial charge in [-0.1, -0.05) is 45.2 Å². The lowest BCUT2D eigenvalue weighted by Gasteiger charge is -1.92. The molecule has 17 heavy (non-hydrogen) atoms. The van der Waals surface area contributed by atoms with Crippen molar-refractivity contribution in [3.63, 3.8) is 0 Å². The molecule has 0 radical (unpaired) electrons. The highest BCUT2D eigenvalue weighted by atomic mass is 19.1. The van der Waals surface area contributed by atoms with Crippen molar-refractivity contribution in [2.45, 2.75) is 13.8 Å². The molecule has 0 bridgehead atoms. The third-order valence-corrected chi connectivity index (χ3v) is 1.65. The van der Waals surface area contributed by atoms with Gasteiger partial charge in [0.05, 0.1) is 5.69 Å². The van der Waals surface area contributed by atoms with Gasteiger partial charge in [0.15, 0.2) is 0 Å². The van der Waals surface area contributed by atoms with Gasteiger partial charge in [-0.05, 0) is 29.8 Å². The maximum atomic E-state index is 12.6. The summed E-state index contributed by atoms with van der Waals surface area (Å²) in [4.78, 5) is 4.12. The number of nitrogens with zero attached hydrogens (tertiary/aromatic N) is 1. The highest BCUT2D eigenvalue weighted by molar-refractivity contribution is 5.83. The zero-order valence-electron chi connectivity index (χ0n) is 10.4. The molecule has 0 unspecified atom stereocenters. The van der Waals surface area contributed by atoms with Crippen molar-refractivity contribution in [1.82, 2.24) is 0 Å². The standard InChI is InChI=1S/C13H12FN.C2H6/c1-3-4-5-11(2)10-15-13-8-6-12(14)7-9-13;1-2/h3-10H,1-2H2;1-2H3/b5-4-,15-10?;. The zero-order valence-corrected chi connectivity index (χ0v) is 10.4. The van der Waals surface area contributed by atoms with E-state index in [1.165, 1.54) is 12.1 Å². The van der Waals surface area contributed by atoms with Gasteiger partial charge in [-0.25, -0.2) is 4.39 Å². The summed E-state index contributed by atoms with van der Waals surface area (Å²) in [6.45, 7) is 11.3. The maximum Gasteiger partial charge on any atom is 0.123 e. The first-order valence-electron chi connectivity index (χ1n) is 5.50. The van der Waals surface area contributed by atoms with Crippen molar-refractivity contribution in [3.8, 4) is 0 Å². The molecule has 2 heteroatoms. The average Bonchev–Trinajstić information content (AvgIpc) is 2.38. The van der Waals surface area contributed by atoms with Crippen molar-refractivity contribution in [3.05, 3.63) is 67.0 Å². The van der Waals surface area contributed by atoms with Crippen LogP contribution in [0.5, 0.6) is 0 Å². The van der Waals surface area contributed by atoms with Crippen LogP contribution in [0.4, 0.5) is 10.1 Å². The van der Waals surface area contributed by atoms with Crippen LogP contribution in [0, 0.1) is 5.82 Å². The second-order valence-electron chi connectivity index (χ2n) is 2.90. The Balaban J connectivity index is 0.00000121. The Labute approximate surface area is 103 Å². The Kier molecular flexibility index (Phi) is 8.21. The number of hydrogen-bond donors (Lipinski definition) is 0. The number of aliphatic imine (C=N–C) groups is 1. The summed E-state index contributed by atoms with van der Waals surface area (Å²) in [5.41, 5.74) is 1.46. The lowest BCUT2D eigenvalue weighted by Crippen LogP contribution is -1.76. The average molecular weight is 231 g/mol. The predicted octanol–water partition coefficient (Wildman–Crippen LogP) is 4.85. The van der Waals surface area contributed by atoms with E-state index in [1.807, 2.05) is 13.8 Å². The fourth-order valence-corrected chi connectivity index (χ4v) is 0.919. The third kappa shape index (κ3) is 7.01. The Morgan fingerprint density at radius 1 is 1.24 bits per heavy atom. The Morgan fingerprint density at radius 3 is 2.35 bits per heavy atom. The van der Waals surface area contributed by atoms with Gasteiger partial charge in [0.2, 0.25) is 0 Å². The molecule has 0 N–H and O–H groups in total. The summed E-state index contributed by atoms with van der Waals surface area (Å²) >= 11 is 0. The van der Waals surface area contributed by atoms with E-state index in [1.54, 1.807) is 36.6 Å². The SMILES string of the molecule is C=C/C=C\C(=C)C=Nc1ccc(F)cc1.CC. The fraction of sp³-hybridized carbons (Fsp3) is 0.133. The van der Waals surface area contributed by atoms with Gasteiger partial charge in [0.25, 0.3) is 0 Å². The number of halogens is 1. The molecule has 90 valence electrons. The summed E-state index contributed by atoms with van der Waals surface area (Å²) in [5.74, 6) is -0.265. The predicted molar refractivity (Wildman–Crippen MR) is 74.4 cm³/mol. The van der Waals surface area contributed by atoms with Crippen LogP contribution in [0.15, 0.2) is 66.2 Å². The number of allylic oxidation sites excluding steroid dienone is 4. The van der Waals surface area contributed by atoms with Crippen molar-refractivity contribution in [2.75, 3.05) is 0 Å². The van der Waals surface area contributed by atoms with Gasteiger partial charge in [-0.15, -0.1) is 0 Å². The van der Waals surface area contributed by atoms with Crippen LogP contribution >= 0.6 is 0 Å². The van der Waals surface area contributed by atoms with E-state index >= 15 is 0 Å². The van der Waals surface area contributed by atoms with Crippen molar-refractivity contribution in [2.24, 2.45) is 4.99 Å². The van der Waals surface area contributed by atoms with Gasteiger partial charge in [-0.3, -0.25) is 4.99 Å². The maximum absolute atomic E-state index is 12.6. The normalized spacial score (nSPS) is 10.1. The minimum atomic E-state index is -0.265. The Hall–Kier alpha value is -1.96. The molecule has 0 saturated carbocycles. The molecule has 0 amide bonds. The first kappa shape index (κ1) is 15.0. The van der Waals surface area contributed by atoms with E-state index in [0.717, 1.165) is 5.57 Å². The van der Waals surface area contributed by atoms with Crippen LogP contribution in [0.3, 0.4) is 0 Å². The summed E-state index contributed by atoms with van der Waals surface area (Å²) in [6.07, 6.45) is 6.85. The number of hydrogen-bond acceptors (Lipinski definition) is 1. The zero-order chi connectivity index (χ0) is 13.1. The highest BCUT2D eigenvalue weighted by Gasteiger charge is 1.89. The molecule has 0 atom stereocenters. The quantitative estimate of drug-likeness (QED) is 0.518. The summed E-state index contributed by atoms with van der Waals surface area (Å²) in [5, 5.41) is 0. The van der Waals surface area contributed by atoms with E-state index in [4.69, 9.17) is 0 Å². The smallest absolute Gasteiger partial charge is 0.123 e. The van der Waals surface area contributed by atoms with Crippen LogP contribution in [-0.2, 0) is 0 Å². The molecule has 1 aromatic carbocycles. The lowest BCUT2D eigenvalue weighted by molar-refractivity contribution is 0.628. The highest BCUT2D eigenvalue weighted by Crippen LogP contribution is 2.11. The molecule has 0 aliphatic heterocycles. The third-order valence-electron chi connectivity index (χ3n) is 1.65. The van der Waals surface area contributed by atoms with E-state index in [0.29, 0.717) is 5.69 Å². The Morgan fingerprint density at radius 2 is 1.82 bits per heavy atom. The van der Waals surface area contributed by atoms with E-state index in [9.17, 15) is 4.39 Å². The monoisotopic (exact) mass is 231 g/mol. The fourth-order valence-electron chi connectivity index (χ4n) is 0.919. The molecular formula is C15H18FN. The molecular weight excluding hydrogens is 213 g/mol. The van der Waals surface area contributed by atoms with Gasteiger partial charge in [-0.2, -0.15) is 0 Å². The van der Waals surface area contributed by atoms with Crippen LogP contribution in [-0.4, -0.2) is 6.21 Å². The van der Waals surface area contributed by atoms with E-state index < -0.39 is 0 Å². The largest absolute Gasteiger partial charge is 0.256 e. The van der Waals surface area contributed by atoms with Crippen LogP contribution < -0.4 is 0 Å². The molecule has 1 nitrogen and oxygen atoms in total. The molecule has 0 heterocycles. The molecule has 1 aromatic rings. The van der Waals surface area contributed by atoms with Crippen molar-refractivity contribution < 1.29 is 4.39 Å². The minimum absolute atomic E-state index is 0.265. The molecule has 0 fully saturated rings. The summed E-state index contributed by atoms with van der Waals surface area (Å²) in [7, 11) is 0. The summed E-state index contributed by atoms with van der Waals surface area (Å²) in [6, 6.07) is 5.96. The van der Waals surface area contributed by atoms with Crippen LogP contribution in [0.25, 0.3) is 0 Å². The van der Waals surface area contributed by atoms with Crippen LogP contribution in [0.1, 0.15) is 13.8 Å². The number of benzene rings is 1. The first-order valence-corrected chi connectivity index (χ1v) is 5.50. The van der Waals surface area contributed by atoms with E-state index in [2.05, 4.69) is 18.2 Å². The lowest BCUT2D eigenvalue weighted by atomic mass is 10.3. The van der Waals surface area contributed by atoms with Crippen molar-refractivity contribution >= 4 is 11.9 Å². The van der Waals surface area contributed by atoms with Gasteiger partial charge in [0.1, 0.15) is 5.82 Å². The van der Waals surface area contributed by atoms with Crippen molar-refractivity contribution in [1.29, 1.82) is 0 Å². The molecule has 1 rings (SSSR count). The van der Waals surface area contributed by atoms with Crippen LogP contribution in [0.2, 0.25) is 0 Å². The number of rotatable bonds is 4. The topological polar surface area (TPSA) is 12.4 Å². The molecule has 0 aliphatic rings.